The Bertz CT molecular complexity index is 1370. The summed E-state index contributed by atoms with van der Waals surface area (Å²) in [5, 5.41) is 0.670. The van der Waals surface area contributed by atoms with Crippen LogP contribution in [-0.2, 0) is 10.2 Å². The number of pyridine rings is 1. The van der Waals surface area contributed by atoms with Crippen LogP contribution in [0.3, 0.4) is 0 Å². The van der Waals surface area contributed by atoms with E-state index >= 15 is 0 Å². The number of ether oxygens (including phenoxy) is 2. The van der Waals surface area contributed by atoms with Gasteiger partial charge in [-0.3, -0.25) is 4.79 Å². The highest BCUT2D eigenvalue weighted by molar-refractivity contribution is 6.06. The molecule has 35 heavy (non-hydrogen) atoms. The number of aromatic nitrogens is 1. The van der Waals surface area contributed by atoms with E-state index in [1.165, 1.54) is 0 Å². The SMILES string of the molecule is COc1ccc(-c2cc(C(=O)O[C@@H](C)C(=O)c3ccc(C(C)(C)C)cc3)c3ccccc3n2)cc1. The van der Waals surface area contributed by atoms with Gasteiger partial charge < -0.3 is 9.47 Å². The first-order valence-corrected chi connectivity index (χ1v) is 11.6. The van der Waals surface area contributed by atoms with Gasteiger partial charge in [0.05, 0.1) is 23.9 Å². The van der Waals surface area contributed by atoms with Crippen molar-refractivity contribution in [2.24, 2.45) is 0 Å². The number of nitrogens with zero attached hydrogens (tertiary/aromatic N) is 1. The molecule has 0 spiro atoms. The summed E-state index contributed by atoms with van der Waals surface area (Å²) >= 11 is 0. The van der Waals surface area contributed by atoms with E-state index in [1.54, 1.807) is 32.2 Å². The number of ketones is 1. The molecule has 0 unspecified atom stereocenters. The molecule has 5 heteroatoms. The average Bonchev–Trinajstić information content (AvgIpc) is 2.87. The molecule has 4 rings (SSSR count). The molecule has 0 N–H and O–H groups in total. The monoisotopic (exact) mass is 467 g/mol. The molecule has 0 amide bonds. The molecule has 0 saturated carbocycles. The summed E-state index contributed by atoms with van der Waals surface area (Å²) in [4.78, 5) is 31.0. The molecule has 0 radical (unpaired) electrons. The van der Waals surface area contributed by atoms with Gasteiger partial charge in [-0.15, -0.1) is 0 Å². The standard InChI is InChI=1S/C30H29NO4/c1-19(28(32)21-10-14-22(15-11-21)30(2,3)4)35-29(33)25-18-27(20-12-16-23(34-5)17-13-20)31-26-9-7-6-8-24(25)26/h6-19H,1-5H3/t19-/m0/s1. The highest BCUT2D eigenvalue weighted by atomic mass is 16.5. The summed E-state index contributed by atoms with van der Waals surface area (Å²) in [5.74, 6) is -0.0740. The minimum atomic E-state index is -0.931. The molecule has 4 aromatic rings. The molecule has 5 nitrogen and oxygen atoms in total. The van der Waals surface area contributed by atoms with Gasteiger partial charge in [0.2, 0.25) is 5.78 Å². The van der Waals surface area contributed by atoms with Gasteiger partial charge >= 0.3 is 5.97 Å². The van der Waals surface area contributed by atoms with Crippen molar-refractivity contribution in [3.8, 4) is 17.0 Å². The molecule has 0 saturated heterocycles. The van der Waals surface area contributed by atoms with E-state index in [0.29, 0.717) is 27.7 Å². The van der Waals surface area contributed by atoms with Gasteiger partial charge in [-0.05, 0) is 54.3 Å². The fourth-order valence-corrected chi connectivity index (χ4v) is 3.90. The molecular weight excluding hydrogens is 438 g/mol. The number of esters is 1. The molecule has 3 aromatic carbocycles. The number of benzene rings is 3. The van der Waals surface area contributed by atoms with Crippen molar-refractivity contribution in [3.63, 3.8) is 0 Å². The highest BCUT2D eigenvalue weighted by Gasteiger charge is 2.23. The third-order valence-electron chi connectivity index (χ3n) is 6.01. The molecule has 0 aliphatic rings. The Balaban J connectivity index is 1.61. The molecule has 1 aromatic heterocycles. The number of Topliss-reactive ketones (excluding diaryl/α,β-unsaturated/α-hetero) is 1. The second kappa shape index (κ2) is 9.71. The number of fused-ring (bicyclic) bond motifs is 1. The largest absolute Gasteiger partial charge is 0.497 e. The van der Waals surface area contributed by atoms with Crippen molar-refractivity contribution >= 4 is 22.7 Å². The van der Waals surface area contributed by atoms with E-state index < -0.39 is 12.1 Å². The molecule has 0 aliphatic carbocycles. The summed E-state index contributed by atoms with van der Waals surface area (Å²) in [6, 6.07) is 24.0. The second-order valence-electron chi connectivity index (χ2n) is 9.54. The smallest absolute Gasteiger partial charge is 0.339 e. The van der Waals surface area contributed by atoms with Crippen LogP contribution in [0.5, 0.6) is 5.75 Å². The Morgan fingerprint density at radius 2 is 1.54 bits per heavy atom. The maximum absolute atomic E-state index is 13.3. The van der Waals surface area contributed by atoms with Crippen molar-refractivity contribution in [1.82, 2.24) is 4.98 Å². The normalized spacial score (nSPS) is 12.3. The van der Waals surface area contributed by atoms with Crippen molar-refractivity contribution in [1.29, 1.82) is 0 Å². The quantitative estimate of drug-likeness (QED) is 0.235. The molecular formula is C30H29NO4. The minimum absolute atomic E-state index is 0.0103. The maximum Gasteiger partial charge on any atom is 0.339 e. The number of rotatable bonds is 6. The molecule has 0 fully saturated rings. The van der Waals surface area contributed by atoms with Crippen LogP contribution in [-0.4, -0.2) is 30.0 Å². The third kappa shape index (κ3) is 5.24. The van der Waals surface area contributed by atoms with Crippen molar-refractivity contribution in [2.75, 3.05) is 7.11 Å². The van der Waals surface area contributed by atoms with E-state index in [1.807, 2.05) is 60.7 Å². The molecule has 1 heterocycles. The second-order valence-corrected chi connectivity index (χ2v) is 9.54. The van der Waals surface area contributed by atoms with Gasteiger partial charge in [0.15, 0.2) is 6.10 Å². The molecule has 0 bridgehead atoms. The van der Waals surface area contributed by atoms with Gasteiger partial charge in [0.1, 0.15) is 5.75 Å². The van der Waals surface area contributed by atoms with Gasteiger partial charge in [0.25, 0.3) is 0 Å². The number of carbonyl (C=O) groups is 2. The predicted molar refractivity (Wildman–Crippen MR) is 138 cm³/mol. The lowest BCUT2D eigenvalue weighted by Crippen LogP contribution is -2.25. The Morgan fingerprint density at radius 1 is 0.886 bits per heavy atom. The fraction of sp³-hybridized carbons (Fsp3) is 0.233. The van der Waals surface area contributed by atoms with E-state index in [-0.39, 0.29) is 11.2 Å². The van der Waals surface area contributed by atoms with Gasteiger partial charge in [-0.1, -0.05) is 63.2 Å². The zero-order chi connectivity index (χ0) is 25.2. The van der Waals surface area contributed by atoms with Crippen LogP contribution in [0.4, 0.5) is 0 Å². The Kier molecular flexibility index (Phi) is 6.70. The summed E-state index contributed by atoms with van der Waals surface area (Å²) in [5.41, 5.74) is 4.14. The first kappa shape index (κ1) is 24.1. The van der Waals surface area contributed by atoms with Gasteiger partial charge in [-0.2, -0.15) is 0 Å². The van der Waals surface area contributed by atoms with Crippen LogP contribution >= 0.6 is 0 Å². The Hall–Kier alpha value is -3.99. The van der Waals surface area contributed by atoms with Crippen LogP contribution in [0.2, 0.25) is 0 Å². The van der Waals surface area contributed by atoms with Crippen LogP contribution in [0.25, 0.3) is 22.2 Å². The number of para-hydroxylation sites is 1. The topological polar surface area (TPSA) is 65.5 Å². The van der Waals surface area contributed by atoms with Crippen LogP contribution in [0, 0.1) is 0 Å². The zero-order valence-electron chi connectivity index (χ0n) is 20.7. The Labute approximate surface area is 205 Å². The lowest BCUT2D eigenvalue weighted by atomic mass is 9.86. The number of carbonyl (C=O) groups excluding carboxylic acids is 2. The number of hydrogen-bond acceptors (Lipinski definition) is 5. The van der Waals surface area contributed by atoms with E-state index in [0.717, 1.165) is 16.9 Å². The number of methoxy groups -OCH3 is 1. The minimum Gasteiger partial charge on any atom is -0.497 e. The van der Waals surface area contributed by atoms with Crippen molar-refractivity contribution in [3.05, 3.63) is 95.6 Å². The predicted octanol–water partition coefficient (Wildman–Crippen LogP) is 6.64. The third-order valence-corrected chi connectivity index (χ3v) is 6.01. The lowest BCUT2D eigenvalue weighted by Gasteiger charge is -2.19. The van der Waals surface area contributed by atoms with Crippen LogP contribution in [0.15, 0.2) is 78.9 Å². The Morgan fingerprint density at radius 3 is 2.17 bits per heavy atom. The van der Waals surface area contributed by atoms with Crippen molar-refractivity contribution in [2.45, 2.75) is 39.2 Å². The van der Waals surface area contributed by atoms with E-state index in [2.05, 4.69) is 20.8 Å². The summed E-state index contributed by atoms with van der Waals surface area (Å²) in [6.07, 6.45) is -0.931. The molecule has 1 atom stereocenters. The zero-order valence-corrected chi connectivity index (χ0v) is 20.7. The fourth-order valence-electron chi connectivity index (χ4n) is 3.90. The first-order valence-electron chi connectivity index (χ1n) is 11.6. The maximum atomic E-state index is 13.3. The van der Waals surface area contributed by atoms with E-state index in [4.69, 9.17) is 14.5 Å². The average molecular weight is 468 g/mol. The van der Waals surface area contributed by atoms with Gasteiger partial charge in [0, 0.05) is 16.5 Å². The summed E-state index contributed by atoms with van der Waals surface area (Å²) in [7, 11) is 1.61. The van der Waals surface area contributed by atoms with Crippen LogP contribution in [0.1, 0.15) is 54.0 Å². The highest BCUT2D eigenvalue weighted by Crippen LogP contribution is 2.27. The van der Waals surface area contributed by atoms with Crippen LogP contribution < -0.4 is 4.74 Å². The summed E-state index contributed by atoms with van der Waals surface area (Å²) in [6.45, 7) is 7.96. The van der Waals surface area contributed by atoms with Crippen molar-refractivity contribution < 1.29 is 19.1 Å². The molecule has 178 valence electrons. The first-order chi connectivity index (χ1) is 16.7. The van der Waals surface area contributed by atoms with E-state index in [9.17, 15) is 9.59 Å². The molecule has 0 aliphatic heterocycles. The summed E-state index contributed by atoms with van der Waals surface area (Å²) < 4.78 is 10.9. The van der Waals surface area contributed by atoms with Gasteiger partial charge in [-0.25, -0.2) is 9.78 Å². The lowest BCUT2D eigenvalue weighted by molar-refractivity contribution is 0.0320. The number of hydrogen-bond donors (Lipinski definition) is 0.